The van der Waals surface area contributed by atoms with Gasteiger partial charge in [-0.3, -0.25) is 4.79 Å². The number of nitrogens with two attached hydrogens (primary N) is 2. The van der Waals surface area contributed by atoms with Crippen LogP contribution in [-0.4, -0.2) is 29.3 Å². The van der Waals surface area contributed by atoms with Gasteiger partial charge in [0.15, 0.2) is 0 Å². The lowest BCUT2D eigenvalue weighted by Crippen LogP contribution is -2.26. The molecule has 1 amide bonds. The van der Waals surface area contributed by atoms with Crippen LogP contribution in [0.25, 0.3) is 11.3 Å². The molecule has 1 aliphatic heterocycles. The van der Waals surface area contributed by atoms with Gasteiger partial charge in [0, 0.05) is 17.8 Å². The van der Waals surface area contributed by atoms with Crippen molar-refractivity contribution in [3.05, 3.63) is 59.7 Å². The molecular formula is C20H21N5O2. The zero-order valence-corrected chi connectivity index (χ0v) is 15.0. The van der Waals surface area contributed by atoms with Crippen molar-refractivity contribution in [2.45, 2.75) is 12.5 Å². The van der Waals surface area contributed by atoms with Crippen LogP contribution in [0.3, 0.4) is 0 Å². The van der Waals surface area contributed by atoms with Gasteiger partial charge in [-0.1, -0.05) is 18.2 Å². The number of carbonyl (C=O) groups is 1. The highest BCUT2D eigenvalue weighted by molar-refractivity contribution is 6.04. The van der Waals surface area contributed by atoms with Gasteiger partial charge in [0.1, 0.15) is 22.8 Å². The van der Waals surface area contributed by atoms with E-state index >= 15 is 0 Å². The summed E-state index contributed by atoms with van der Waals surface area (Å²) < 4.78 is 7.04. The normalized spacial score (nSPS) is 15.7. The highest BCUT2D eigenvalue weighted by atomic mass is 16.5. The molecule has 0 saturated carbocycles. The van der Waals surface area contributed by atoms with E-state index in [9.17, 15) is 4.79 Å². The number of hydrogen-bond acceptors (Lipinski definition) is 5. The summed E-state index contributed by atoms with van der Waals surface area (Å²) in [6, 6.07) is 15.1. The van der Waals surface area contributed by atoms with E-state index in [1.165, 1.54) is 0 Å². The third-order valence-electron chi connectivity index (χ3n) is 4.88. The standard InChI is InChI=1S/C20H21N5O2/c1-27-13-8-6-12(7-9-13)18-17(19(22)26)20-23-11-10-16(25(20)24-18)14-4-2-3-5-15(14)21/h2-9,16,23H,10-11,21H2,1H3,(H2,22,26). The number of para-hydroxylation sites is 1. The second-order valence-corrected chi connectivity index (χ2v) is 6.47. The molecule has 1 atom stereocenters. The number of aromatic nitrogens is 2. The third-order valence-corrected chi connectivity index (χ3v) is 4.88. The van der Waals surface area contributed by atoms with Crippen molar-refractivity contribution < 1.29 is 9.53 Å². The first-order valence-corrected chi connectivity index (χ1v) is 8.75. The van der Waals surface area contributed by atoms with Gasteiger partial charge in [0.25, 0.3) is 5.91 Å². The van der Waals surface area contributed by atoms with Crippen LogP contribution < -0.4 is 21.5 Å². The number of nitrogen functional groups attached to an aromatic ring is 1. The number of nitrogens with one attached hydrogen (secondary N) is 1. The quantitative estimate of drug-likeness (QED) is 0.618. The van der Waals surface area contributed by atoms with Crippen molar-refractivity contribution in [1.82, 2.24) is 9.78 Å². The van der Waals surface area contributed by atoms with E-state index in [0.717, 1.165) is 23.3 Å². The number of anilines is 2. The summed E-state index contributed by atoms with van der Waals surface area (Å²) in [6.45, 7) is 0.701. The lowest BCUT2D eigenvalue weighted by Gasteiger charge is -2.27. The first kappa shape index (κ1) is 17.0. The van der Waals surface area contributed by atoms with E-state index in [2.05, 4.69) is 5.32 Å². The molecule has 5 N–H and O–H groups in total. The van der Waals surface area contributed by atoms with E-state index in [4.69, 9.17) is 21.3 Å². The average molecular weight is 363 g/mol. The van der Waals surface area contributed by atoms with E-state index in [1.807, 2.05) is 53.2 Å². The number of methoxy groups -OCH3 is 1. The molecule has 138 valence electrons. The highest BCUT2D eigenvalue weighted by Crippen LogP contribution is 2.38. The lowest BCUT2D eigenvalue weighted by molar-refractivity contribution is 0.100. The van der Waals surface area contributed by atoms with Gasteiger partial charge >= 0.3 is 0 Å². The number of benzene rings is 2. The molecule has 1 aromatic heterocycles. The second-order valence-electron chi connectivity index (χ2n) is 6.47. The molecule has 0 bridgehead atoms. The molecule has 4 rings (SSSR count). The monoisotopic (exact) mass is 363 g/mol. The maximum Gasteiger partial charge on any atom is 0.254 e. The summed E-state index contributed by atoms with van der Waals surface area (Å²) in [6.07, 6.45) is 0.809. The molecule has 0 fully saturated rings. The van der Waals surface area contributed by atoms with Crippen molar-refractivity contribution in [1.29, 1.82) is 0 Å². The van der Waals surface area contributed by atoms with Crippen LogP contribution in [0.4, 0.5) is 11.5 Å². The lowest BCUT2D eigenvalue weighted by atomic mass is 10.00. The average Bonchev–Trinajstić information content (AvgIpc) is 3.08. The molecule has 0 aliphatic carbocycles. The molecule has 0 saturated heterocycles. The van der Waals surface area contributed by atoms with Crippen LogP contribution in [0, 0.1) is 0 Å². The van der Waals surface area contributed by atoms with Crippen LogP contribution in [0.2, 0.25) is 0 Å². The van der Waals surface area contributed by atoms with Crippen molar-refractivity contribution in [2.75, 3.05) is 24.7 Å². The van der Waals surface area contributed by atoms with E-state index in [1.54, 1.807) is 7.11 Å². The minimum absolute atomic E-state index is 0.0625. The topological polar surface area (TPSA) is 108 Å². The Balaban J connectivity index is 1.87. The Morgan fingerprint density at radius 1 is 1.22 bits per heavy atom. The molecule has 3 aromatic rings. The van der Waals surface area contributed by atoms with Crippen molar-refractivity contribution in [2.24, 2.45) is 5.73 Å². The van der Waals surface area contributed by atoms with Gasteiger partial charge < -0.3 is 21.5 Å². The molecule has 2 aromatic carbocycles. The Bertz CT molecular complexity index is 994. The SMILES string of the molecule is COc1ccc(-c2nn3c(c2C(N)=O)NCCC3c2ccccc2N)cc1. The Kier molecular flexibility index (Phi) is 4.19. The molecular weight excluding hydrogens is 342 g/mol. The van der Waals surface area contributed by atoms with Gasteiger partial charge in [-0.05, 0) is 42.3 Å². The molecule has 0 spiro atoms. The van der Waals surface area contributed by atoms with Crippen molar-refractivity contribution in [3.63, 3.8) is 0 Å². The third kappa shape index (κ3) is 2.87. The molecule has 2 heterocycles. The van der Waals surface area contributed by atoms with Crippen LogP contribution >= 0.6 is 0 Å². The number of carbonyl (C=O) groups excluding carboxylic acids is 1. The number of amides is 1. The van der Waals surface area contributed by atoms with Gasteiger partial charge in [-0.2, -0.15) is 5.10 Å². The largest absolute Gasteiger partial charge is 0.497 e. The number of primary amides is 1. The smallest absolute Gasteiger partial charge is 0.254 e. The summed E-state index contributed by atoms with van der Waals surface area (Å²) in [5.41, 5.74) is 15.3. The molecule has 7 nitrogen and oxygen atoms in total. The van der Waals surface area contributed by atoms with Crippen LogP contribution in [0.1, 0.15) is 28.4 Å². The van der Waals surface area contributed by atoms with E-state index < -0.39 is 5.91 Å². The van der Waals surface area contributed by atoms with Gasteiger partial charge in [0.05, 0.1) is 13.2 Å². The zero-order valence-electron chi connectivity index (χ0n) is 15.0. The maximum atomic E-state index is 12.2. The Labute approximate surface area is 156 Å². The summed E-state index contributed by atoms with van der Waals surface area (Å²) in [5, 5.41) is 8.03. The fraction of sp³-hybridized carbons (Fsp3) is 0.200. The van der Waals surface area contributed by atoms with Gasteiger partial charge in [0.2, 0.25) is 0 Å². The molecule has 1 aliphatic rings. The Morgan fingerprint density at radius 2 is 1.96 bits per heavy atom. The minimum atomic E-state index is -0.517. The fourth-order valence-electron chi connectivity index (χ4n) is 3.56. The van der Waals surface area contributed by atoms with Gasteiger partial charge in [-0.25, -0.2) is 4.68 Å². The Morgan fingerprint density at radius 3 is 2.63 bits per heavy atom. The molecule has 27 heavy (non-hydrogen) atoms. The summed E-state index contributed by atoms with van der Waals surface area (Å²) in [5.74, 6) is 0.848. The summed E-state index contributed by atoms with van der Waals surface area (Å²) in [7, 11) is 1.61. The zero-order chi connectivity index (χ0) is 19.0. The number of fused-ring (bicyclic) bond motifs is 1. The molecule has 0 radical (unpaired) electrons. The van der Waals surface area contributed by atoms with Gasteiger partial charge in [-0.15, -0.1) is 0 Å². The first-order chi connectivity index (χ1) is 13.1. The Hall–Kier alpha value is -3.48. The number of hydrogen-bond donors (Lipinski definition) is 3. The number of rotatable bonds is 4. The number of ether oxygens (including phenoxy) is 1. The van der Waals surface area contributed by atoms with E-state index in [-0.39, 0.29) is 6.04 Å². The predicted molar refractivity (Wildman–Crippen MR) is 105 cm³/mol. The van der Waals surface area contributed by atoms with E-state index in [0.29, 0.717) is 29.3 Å². The summed E-state index contributed by atoms with van der Waals surface area (Å²) >= 11 is 0. The predicted octanol–water partition coefficient (Wildman–Crippen LogP) is 2.64. The second kappa shape index (κ2) is 6.68. The maximum absolute atomic E-state index is 12.2. The first-order valence-electron chi connectivity index (χ1n) is 8.75. The molecule has 7 heteroatoms. The minimum Gasteiger partial charge on any atom is -0.497 e. The van der Waals surface area contributed by atoms with Crippen molar-refractivity contribution >= 4 is 17.4 Å². The van der Waals surface area contributed by atoms with Crippen LogP contribution in [-0.2, 0) is 0 Å². The van der Waals surface area contributed by atoms with Crippen LogP contribution in [0.15, 0.2) is 48.5 Å². The van der Waals surface area contributed by atoms with Crippen molar-refractivity contribution in [3.8, 4) is 17.0 Å². The number of nitrogens with zero attached hydrogens (tertiary/aromatic N) is 2. The van der Waals surface area contributed by atoms with Crippen LogP contribution in [0.5, 0.6) is 5.75 Å². The molecule has 1 unspecified atom stereocenters. The highest BCUT2D eigenvalue weighted by Gasteiger charge is 2.31. The summed E-state index contributed by atoms with van der Waals surface area (Å²) in [4.78, 5) is 12.2. The fourth-order valence-corrected chi connectivity index (χ4v) is 3.56.